The normalized spacial score (nSPS) is 11.9. The largest absolute Gasteiger partial charge is 0.416 e. The van der Waals surface area contributed by atoms with E-state index < -0.39 is 11.7 Å². The highest BCUT2D eigenvalue weighted by Crippen LogP contribution is 2.36. The zero-order valence-electron chi connectivity index (χ0n) is 9.92. The van der Waals surface area contributed by atoms with Crippen molar-refractivity contribution in [1.82, 2.24) is 4.90 Å². The first-order valence-electron chi connectivity index (χ1n) is 4.94. The summed E-state index contributed by atoms with van der Waals surface area (Å²) in [5.74, 6) is 0. The average molecular weight is 329 g/mol. The molecule has 0 saturated heterocycles. The maximum Gasteiger partial charge on any atom is 0.416 e. The van der Waals surface area contributed by atoms with Gasteiger partial charge in [0.2, 0.25) is 0 Å². The Morgan fingerprint density at radius 1 is 1.26 bits per heavy atom. The van der Waals surface area contributed by atoms with Gasteiger partial charge >= 0.3 is 6.18 Å². The third kappa shape index (κ3) is 4.33. The molecule has 1 aromatic carbocycles. The first-order valence-corrected chi connectivity index (χ1v) is 6.10. The Hall–Kier alpha value is -0.850. The van der Waals surface area contributed by atoms with Gasteiger partial charge in [-0.05, 0) is 12.1 Å². The molecule has 1 aromatic rings. The predicted octanol–water partition coefficient (Wildman–Crippen LogP) is 4.28. The molecule has 0 bridgehead atoms. The van der Waals surface area contributed by atoms with Gasteiger partial charge in [0.1, 0.15) is 4.99 Å². The molecule has 0 aromatic heterocycles. The van der Waals surface area contributed by atoms with E-state index in [9.17, 15) is 13.2 Å². The Labute approximate surface area is 123 Å². The van der Waals surface area contributed by atoms with Crippen LogP contribution in [-0.4, -0.2) is 30.3 Å². The third-order valence-corrected chi connectivity index (χ3v) is 2.89. The summed E-state index contributed by atoms with van der Waals surface area (Å²) >= 11 is 16.6. The number of hydrogen-bond acceptors (Lipinski definition) is 1. The van der Waals surface area contributed by atoms with Crippen molar-refractivity contribution in [2.45, 2.75) is 6.18 Å². The molecule has 0 aliphatic carbocycles. The van der Waals surface area contributed by atoms with E-state index >= 15 is 0 Å². The van der Waals surface area contributed by atoms with Crippen LogP contribution in [0.15, 0.2) is 17.1 Å². The highest BCUT2D eigenvalue weighted by molar-refractivity contribution is 7.80. The molecule has 0 aliphatic rings. The number of alkyl halides is 3. The molecule has 0 N–H and O–H groups in total. The summed E-state index contributed by atoms with van der Waals surface area (Å²) in [6.45, 7) is 0. The Morgan fingerprint density at radius 2 is 1.74 bits per heavy atom. The van der Waals surface area contributed by atoms with Crippen molar-refractivity contribution in [3.63, 3.8) is 0 Å². The number of halogens is 5. The molecule has 104 valence electrons. The molecule has 0 radical (unpaired) electrons. The summed E-state index contributed by atoms with van der Waals surface area (Å²) < 4.78 is 37.6. The van der Waals surface area contributed by atoms with Crippen LogP contribution in [0.1, 0.15) is 11.1 Å². The molecule has 0 spiro atoms. The van der Waals surface area contributed by atoms with Gasteiger partial charge in [-0.25, -0.2) is 4.99 Å². The minimum atomic E-state index is -4.51. The molecule has 0 atom stereocenters. The monoisotopic (exact) mass is 328 g/mol. The number of rotatable bonds is 2. The molecule has 8 heteroatoms. The van der Waals surface area contributed by atoms with Crippen molar-refractivity contribution in [3.05, 3.63) is 33.3 Å². The number of benzene rings is 1. The minimum Gasteiger partial charge on any atom is -0.369 e. The molecular weight excluding hydrogens is 320 g/mol. The fourth-order valence-corrected chi connectivity index (χ4v) is 2.22. The second kappa shape index (κ2) is 6.07. The Balaban J connectivity index is 3.21. The van der Waals surface area contributed by atoms with Crippen molar-refractivity contribution in [3.8, 4) is 0 Å². The van der Waals surface area contributed by atoms with Crippen molar-refractivity contribution in [2.75, 3.05) is 14.1 Å². The molecular formula is C11H9Cl2F3N2S. The average Bonchev–Trinajstić information content (AvgIpc) is 2.24. The maximum absolute atomic E-state index is 12.5. The number of hydrogen-bond donors (Lipinski definition) is 0. The Kier molecular flexibility index (Phi) is 5.18. The fraction of sp³-hybridized carbons (Fsp3) is 0.273. The van der Waals surface area contributed by atoms with Crippen molar-refractivity contribution >= 4 is 46.7 Å². The second-order valence-corrected chi connectivity index (χ2v) is 5.03. The van der Waals surface area contributed by atoms with Gasteiger partial charge in [0.15, 0.2) is 0 Å². The van der Waals surface area contributed by atoms with Crippen molar-refractivity contribution < 1.29 is 13.2 Å². The summed E-state index contributed by atoms with van der Waals surface area (Å²) in [6.07, 6.45) is -3.10. The van der Waals surface area contributed by atoms with Gasteiger partial charge in [0, 0.05) is 19.7 Å². The first-order chi connectivity index (χ1) is 8.62. The van der Waals surface area contributed by atoms with E-state index in [1.807, 2.05) is 0 Å². The smallest absolute Gasteiger partial charge is 0.369 e. The lowest BCUT2D eigenvalue weighted by atomic mass is 10.1. The topological polar surface area (TPSA) is 15.6 Å². The van der Waals surface area contributed by atoms with Crippen LogP contribution < -0.4 is 0 Å². The van der Waals surface area contributed by atoms with E-state index in [2.05, 4.69) is 4.99 Å². The van der Waals surface area contributed by atoms with Gasteiger partial charge in [-0.1, -0.05) is 35.4 Å². The van der Waals surface area contributed by atoms with Crippen LogP contribution in [0, 0.1) is 0 Å². The van der Waals surface area contributed by atoms with Crippen LogP contribution in [0.5, 0.6) is 0 Å². The Morgan fingerprint density at radius 3 is 2.11 bits per heavy atom. The molecule has 0 heterocycles. The van der Waals surface area contributed by atoms with E-state index in [-0.39, 0.29) is 20.6 Å². The second-order valence-electron chi connectivity index (χ2n) is 3.83. The lowest BCUT2D eigenvalue weighted by Gasteiger charge is -2.11. The lowest BCUT2D eigenvalue weighted by Crippen LogP contribution is -2.10. The summed E-state index contributed by atoms with van der Waals surface area (Å²) in [4.78, 5) is 5.54. The van der Waals surface area contributed by atoms with Crippen LogP contribution in [0.25, 0.3) is 0 Å². The van der Waals surface area contributed by atoms with Crippen molar-refractivity contribution in [1.29, 1.82) is 0 Å². The molecule has 0 amide bonds. The highest BCUT2D eigenvalue weighted by atomic mass is 35.5. The maximum atomic E-state index is 12.5. The van der Waals surface area contributed by atoms with Gasteiger partial charge in [0.05, 0.1) is 21.9 Å². The molecule has 0 unspecified atom stereocenters. The predicted molar refractivity (Wildman–Crippen MR) is 75.3 cm³/mol. The zero-order valence-corrected chi connectivity index (χ0v) is 12.3. The van der Waals surface area contributed by atoms with Crippen molar-refractivity contribution in [2.24, 2.45) is 4.99 Å². The van der Waals surface area contributed by atoms with Crippen LogP contribution in [0.3, 0.4) is 0 Å². The highest BCUT2D eigenvalue weighted by Gasteiger charge is 2.32. The summed E-state index contributed by atoms with van der Waals surface area (Å²) in [5.41, 5.74) is -0.810. The molecule has 19 heavy (non-hydrogen) atoms. The number of nitrogens with zero attached hydrogens (tertiary/aromatic N) is 2. The zero-order chi connectivity index (χ0) is 14.8. The van der Waals surface area contributed by atoms with E-state index in [0.29, 0.717) is 0 Å². The molecule has 0 fully saturated rings. The van der Waals surface area contributed by atoms with Crippen LogP contribution in [0.4, 0.5) is 13.2 Å². The quantitative estimate of drug-likeness (QED) is 0.457. The van der Waals surface area contributed by atoms with E-state index in [1.54, 1.807) is 19.0 Å². The molecule has 0 saturated carbocycles. The van der Waals surface area contributed by atoms with Gasteiger partial charge in [-0.3, -0.25) is 0 Å². The lowest BCUT2D eigenvalue weighted by molar-refractivity contribution is -0.137. The summed E-state index contributed by atoms with van der Waals surface area (Å²) in [7, 11) is 3.45. The molecule has 1 rings (SSSR count). The van der Waals surface area contributed by atoms with Crippen LogP contribution in [0.2, 0.25) is 10.0 Å². The third-order valence-electron chi connectivity index (χ3n) is 1.99. The van der Waals surface area contributed by atoms with Gasteiger partial charge in [-0.2, -0.15) is 13.2 Å². The van der Waals surface area contributed by atoms with Gasteiger partial charge in [-0.15, -0.1) is 0 Å². The number of thiocarbonyl (C=S) groups is 1. The van der Waals surface area contributed by atoms with Crippen LogP contribution in [-0.2, 0) is 6.18 Å². The van der Waals surface area contributed by atoms with E-state index in [4.69, 9.17) is 35.4 Å². The molecule has 2 nitrogen and oxygen atoms in total. The summed E-state index contributed by atoms with van der Waals surface area (Å²) in [6, 6.07) is 1.56. The fourth-order valence-electron chi connectivity index (χ4n) is 1.17. The standard InChI is InChI=1S/C11H9Cl2F3N2S/c1-18(2)5-17-10(19)9-7(12)3-6(4-8(9)13)11(14,15)16/h3-5H,1-2H3. The Bertz CT molecular complexity index is 504. The van der Waals surface area contributed by atoms with Gasteiger partial charge in [0.25, 0.3) is 0 Å². The first kappa shape index (κ1) is 16.2. The van der Waals surface area contributed by atoms with E-state index in [1.165, 1.54) is 6.34 Å². The number of aliphatic imine (C=N–C) groups is 1. The SMILES string of the molecule is CN(C)C=NC(=S)c1c(Cl)cc(C(F)(F)F)cc1Cl. The minimum absolute atomic E-state index is 0.0254. The van der Waals surface area contributed by atoms with Gasteiger partial charge < -0.3 is 4.90 Å². The van der Waals surface area contributed by atoms with Crippen LogP contribution >= 0.6 is 35.4 Å². The molecule has 0 aliphatic heterocycles. The summed E-state index contributed by atoms with van der Waals surface area (Å²) in [5, 5.41) is -0.360. The van der Waals surface area contributed by atoms with E-state index in [0.717, 1.165) is 12.1 Å².